The minimum Gasteiger partial charge on any atom is -0.261 e. The Kier molecular flexibility index (Phi) is 4.55. The summed E-state index contributed by atoms with van der Waals surface area (Å²) >= 11 is 0. The van der Waals surface area contributed by atoms with Gasteiger partial charge in [0.25, 0.3) is 5.69 Å². The zero-order chi connectivity index (χ0) is 14.2. The molecule has 0 spiro atoms. The molecule has 0 fully saturated rings. The molecule has 0 aliphatic rings. The molecule has 2 aromatic rings. The van der Waals surface area contributed by atoms with Gasteiger partial charge in [-0.2, -0.15) is 5.10 Å². The summed E-state index contributed by atoms with van der Waals surface area (Å²) in [5.74, 6) is 0.444. The van der Waals surface area contributed by atoms with Crippen LogP contribution in [0.1, 0.15) is 5.56 Å². The van der Waals surface area contributed by atoms with Crippen LogP contribution in [0.15, 0.2) is 59.8 Å². The zero-order valence-electron chi connectivity index (χ0n) is 10.5. The molecule has 1 heterocycles. The standard InChI is InChI=1S/C14H12N4O2/c19-18(20)13-8-9-14(15-11-13)17-16-10-4-7-12-5-2-1-3-6-12/h1-11H,(H,15,17)/b7-4-,16-10+. The molecular weight excluding hydrogens is 256 g/mol. The first-order valence-electron chi connectivity index (χ1n) is 5.87. The number of allylic oxidation sites excluding steroid dienone is 1. The summed E-state index contributed by atoms with van der Waals surface area (Å²) in [4.78, 5) is 13.8. The lowest BCUT2D eigenvalue weighted by Crippen LogP contribution is -1.94. The van der Waals surface area contributed by atoms with E-state index >= 15 is 0 Å². The quantitative estimate of drug-likeness (QED) is 0.513. The summed E-state index contributed by atoms with van der Waals surface area (Å²) in [6, 6.07) is 12.7. The highest BCUT2D eigenvalue weighted by Gasteiger charge is 2.03. The molecule has 0 aliphatic carbocycles. The fraction of sp³-hybridized carbons (Fsp3) is 0. The summed E-state index contributed by atoms with van der Waals surface area (Å²) in [5, 5.41) is 14.4. The number of hydrogen-bond donors (Lipinski definition) is 1. The number of nitro groups is 1. The molecule has 0 atom stereocenters. The van der Waals surface area contributed by atoms with Crippen LogP contribution in [0.4, 0.5) is 11.5 Å². The largest absolute Gasteiger partial charge is 0.287 e. The molecule has 0 radical (unpaired) electrons. The molecular formula is C14H12N4O2. The molecule has 1 aromatic carbocycles. The lowest BCUT2D eigenvalue weighted by Gasteiger charge is -1.96. The Balaban J connectivity index is 1.87. The Morgan fingerprint density at radius 1 is 1.20 bits per heavy atom. The van der Waals surface area contributed by atoms with Crippen LogP contribution in [0.2, 0.25) is 0 Å². The van der Waals surface area contributed by atoms with E-state index in [-0.39, 0.29) is 5.69 Å². The van der Waals surface area contributed by atoms with Gasteiger partial charge in [-0.15, -0.1) is 0 Å². The fourth-order valence-corrected chi connectivity index (χ4v) is 1.42. The highest BCUT2D eigenvalue weighted by molar-refractivity contribution is 5.78. The van der Waals surface area contributed by atoms with Gasteiger partial charge in [0, 0.05) is 12.3 Å². The van der Waals surface area contributed by atoms with Crippen LogP contribution in [0.5, 0.6) is 0 Å². The van der Waals surface area contributed by atoms with E-state index < -0.39 is 4.92 Å². The predicted octanol–water partition coefficient (Wildman–Crippen LogP) is 3.10. The van der Waals surface area contributed by atoms with Gasteiger partial charge in [-0.1, -0.05) is 36.4 Å². The molecule has 2 rings (SSSR count). The monoisotopic (exact) mass is 268 g/mol. The van der Waals surface area contributed by atoms with Crippen molar-refractivity contribution in [2.75, 3.05) is 5.43 Å². The average molecular weight is 268 g/mol. The molecule has 0 unspecified atom stereocenters. The number of nitrogens with one attached hydrogen (secondary N) is 1. The van der Waals surface area contributed by atoms with Crippen molar-refractivity contribution in [3.8, 4) is 0 Å². The van der Waals surface area contributed by atoms with Crippen molar-refractivity contribution in [3.63, 3.8) is 0 Å². The van der Waals surface area contributed by atoms with E-state index in [4.69, 9.17) is 0 Å². The number of hydrazone groups is 1. The number of aromatic nitrogens is 1. The van der Waals surface area contributed by atoms with Gasteiger partial charge in [0.05, 0.1) is 4.92 Å². The maximum Gasteiger partial charge on any atom is 0.287 e. The summed E-state index contributed by atoms with van der Waals surface area (Å²) in [6.45, 7) is 0. The molecule has 1 N–H and O–H groups in total. The van der Waals surface area contributed by atoms with Crippen LogP contribution in [0.3, 0.4) is 0 Å². The van der Waals surface area contributed by atoms with Crippen molar-refractivity contribution in [2.24, 2.45) is 5.10 Å². The third kappa shape index (κ3) is 4.02. The van der Waals surface area contributed by atoms with Crippen molar-refractivity contribution in [2.45, 2.75) is 0 Å². The number of anilines is 1. The first-order chi connectivity index (χ1) is 9.75. The lowest BCUT2D eigenvalue weighted by molar-refractivity contribution is -0.385. The third-order valence-corrected chi connectivity index (χ3v) is 2.39. The predicted molar refractivity (Wildman–Crippen MR) is 78.5 cm³/mol. The van der Waals surface area contributed by atoms with Crippen molar-refractivity contribution in [1.29, 1.82) is 0 Å². The van der Waals surface area contributed by atoms with Crippen LogP contribution in [-0.2, 0) is 0 Å². The van der Waals surface area contributed by atoms with E-state index in [2.05, 4.69) is 15.5 Å². The average Bonchev–Trinajstić information content (AvgIpc) is 2.48. The van der Waals surface area contributed by atoms with Crippen molar-refractivity contribution >= 4 is 23.8 Å². The number of pyridine rings is 1. The molecule has 20 heavy (non-hydrogen) atoms. The van der Waals surface area contributed by atoms with E-state index in [0.717, 1.165) is 5.56 Å². The molecule has 0 aliphatic heterocycles. The van der Waals surface area contributed by atoms with Crippen molar-refractivity contribution in [1.82, 2.24) is 4.98 Å². The maximum atomic E-state index is 10.5. The van der Waals surface area contributed by atoms with Crippen LogP contribution < -0.4 is 5.43 Å². The Labute approximate surface area is 115 Å². The van der Waals surface area contributed by atoms with Gasteiger partial charge < -0.3 is 0 Å². The Morgan fingerprint density at radius 2 is 2.00 bits per heavy atom. The highest BCUT2D eigenvalue weighted by atomic mass is 16.6. The summed E-state index contributed by atoms with van der Waals surface area (Å²) in [6.07, 6.45) is 6.45. The number of hydrogen-bond acceptors (Lipinski definition) is 5. The second-order valence-corrected chi connectivity index (χ2v) is 3.82. The summed E-state index contributed by atoms with van der Waals surface area (Å²) in [5.41, 5.74) is 3.71. The van der Waals surface area contributed by atoms with Gasteiger partial charge in [-0.3, -0.25) is 15.5 Å². The van der Waals surface area contributed by atoms with Gasteiger partial charge in [0.15, 0.2) is 0 Å². The molecule has 0 saturated heterocycles. The first-order valence-corrected chi connectivity index (χ1v) is 5.87. The summed E-state index contributed by atoms with van der Waals surface area (Å²) < 4.78 is 0. The molecule has 0 bridgehead atoms. The van der Waals surface area contributed by atoms with E-state index in [1.165, 1.54) is 18.3 Å². The van der Waals surface area contributed by atoms with Gasteiger partial charge in [-0.25, -0.2) is 4.98 Å². The van der Waals surface area contributed by atoms with E-state index in [1.54, 1.807) is 12.3 Å². The van der Waals surface area contributed by atoms with Crippen LogP contribution in [0.25, 0.3) is 6.08 Å². The fourth-order valence-electron chi connectivity index (χ4n) is 1.42. The zero-order valence-corrected chi connectivity index (χ0v) is 10.5. The second kappa shape index (κ2) is 6.79. The van der Waals surface area contributed by atoms with E-state index in [9.17, 15) is 10.1 Å². The topological polar surface area (TPSA) is 80.4 Å². The smallest absolute Gasteiger partial charge is 0.261 e. The number of rotatable bonds is 5. The van der Waals surface area contributed by atoms with Crippen LogP contribution in [0, 0.1) is 10.1 Å². The van der Waals surface area contributed by atoms with Crippen molar-refractivity contribution in [3.05, 3.63) is 70.4 Å². The maximum absolute atomic E-state index is 10.5. The summed E-state index contributed by atoms with van der Waals surface area (Å²) in [7, 11) is 0. The molecule has 1 aromatic heterocycles. The minimum absolute atomic E-state index is 0.0523. The van der Waals surface area contributed by atoms with E-state index in [0.29, 0.717) is 5.82 Å². The number of nitrogens with zero attached hydrogens (tertiary/aromatic N) is 3. The lowest BCUT2D eigenvalue weighted by atomic mass is 10.2. The van der Waals surface area contributed by atoms with E-state index in [1.807, 2.05) is 36.4 Å². The van der Waals surface area contributed by atoms with Crippen LogP contribution >= 0.6 is 0 Å². The Bertz CT molecular complexity index is 621. The Morgan fingerprint density at radius 3 is 2.65 bits per heavy atom. The van der Waals surface area contributed by atoms with Gasteiger partial charge in [0.2, 0.25) is 0 Å². The van der Waals surface area contributed by atoms with Crippen LogP contribution in [-0.4, -0.2) is 16.1 Å². The molecule has 6 nitrogen and oxygen atoms in total. The Hall–Kier alpha value is -3.02. The first kappa shape index (κ1) is 13.4. The molecule has 100 valence electrons. The molecule has 0 amide bonds. The van der Waals surface area contributed by atoms with Gasteiger partial charge in [0.1, 0.15) is 12.0 Å². The SMILES string of the molecule is O=[N+]([O-])c1ccc(N/N=C/C=C\c2ccccc2)nc1. The normalized spacial score (nSPS) is 11.0. The second-order valence-electron chi connectivity index (χ2n) is 3.82. The number of benzene rings is 1. The molecule has 6 heteroatoms. The van der Waals surface area contributed by atoms with Gasteiger partial charge >= 0.3 is 0 Å². The minimum atomic E-state index is -0.497. The molecule has 0 saturated carbocycles. The highest BCUT2D eigenvalue weighted by Crippen LogP contribution is 2.11. The van der Waals surface area contributed by atoms with Crippen molar-refractivity contribution < 1.29 is 4.92 Å². The third-order valence-electron chi connectivity index (χ3n) is 2.39. The van der Waals surface area contributed by atoms with Gasteiger partial charge in [-0.05, 0) is 17.7 Å².